The van der Waals surface area contributed by atoms with Crippen LogP contribution in [0.5, 0.6) is 0 Å². The summed E-state index contributed by atoms with van der Waals surface area (Å²) in [5.74, 6) is -1.30. The number of carboxylic acids is 1. The van der Waals surface area contributed by atoms with Crippen LogP contribution in [0.2, 0.25) is 5.02 Å². The molecule has 0 aliphatic rings. The first-order valence-electron chi connectivity index (χ1n) is 5.95. The van der Waals surface area contributed by atoms with Crippen LogP contribution in [0, 0.1) is 0 Å². The number of furan rings is 1. The second-order valence-corrected chi connectivity index (χ2v) is 5.39. The third kappa shape index (κ3) is 3.80. The second-order valence-electron chi connectivity index (χ2n) is 4.10. The Balaban J connectivity index is 2.05. The van der Waals surface area contributed by atoms with Crippen LogP contribution in [0.15, 0.2) is 39.6 Å². The topological polar surface area (TPSA) is 79.5 Å². The SMILES string of the molecule is CSc1ccc(Cl)c(C(=O)NCc2ccc(C(=O)O)o2)c1. The molecule has 0 aliphatic heterocycles. The number of thioether (sulfide) groups is 1. The fraction of sp³-hybridized carbons (Fsp3) is 0.143. The molecule has 0 unspecified atom stereocenters. The molecule has 2 N–H and O–H groups in total. The van der Waals surface area contributed by atoms with Crippen LogP contribution in [-0.2, 0) is 6.54 Å². The number of carbonyl (C=O) groups is 2. The zero-order valence-corrected chi connectivity index (χ0v) is 12.6. The van der Waals surface area contributed by atoms with Gasteiger partial charge in [0, 0.05) is 4.90 Å². The molecular formula is C14H12ClNO4S. The maximum absolute atomic E-state index is 12.1. The highest BCUT2D eigenvalue weighted by molar-refractivity contribution is 7.98. The smallest absolute Gasteiger partial charge is 0.371 e. The lowest BCUT2D eigenvalue weighted by atomic mass is 10.2. The van der Waals surface area contributed by atoms with Gasteiger partial charge in [-0.2, -0.15) is 0 Å². The summed E-state index contributed by atoms with van der Waals surface area (Å²) in [4.78, 5) is 23.7. The molecule has 1 aromatic carbocycles. The summed E-state index contributed by atoms with van der Waals surface area (Å²) < 4.78 is 5.06. The van der Waals surface area contributed by atoms with Gasteiger partial charge >= 0.3 is 5.97 Å². The van der Waals surface area contributed by atoms with Crippen LogP contribution < -0.4 is 5.32 Å². The molecular weight excluding hydrogens is 314 g/mol. The first-order chi connectivity index (χ1) is 10.0. The summed E-state index contributed by atoms with van der Waals surface area (Å²) in [5.41, 5.74) is 0.369. The molecule has 1 amide bonds. The standard InChI is InChI=1S/C14H12ClNO4S/c1-21-9-3-4-11(15)10(6-9)13(17)16-7-8-2-5-12(20-8)14(18)19/h2-6H,7H2,1H3,(H,16,17)(H,18,19). The molecule has 110 valence electrons. The van der Waals surface area contributed by atoms with Gasteiger partial charge < -0.3 is 14.8 Å². The molecule has 21 heavy (non-hydrogen) atoms. The Morgan fingerprint density at radius 3 is 2.71 bits per heavy atom. The van der Waals surface area contributed by atoms with E-state index in [1.165, 1.54) is 23.9 Å². The van der Waals surface area contributed by atoms with Gasteiger partial charge in [0.15, 0.2) is 0 Å². The molecule has 7 heteroatoms. The van der Waals surface area contributed by atoms with E-state index in [9.17, 15) is 9.59 Å². The Kier molecular flexibility index (Phi) is 4.93. The second kappa shape index (κ2) is 6.69. The Bertz CT molecular complexity index is 683. The number of hydrogen-bond donors (Lipinski definition) is 2. The van der Waals surface area contributed by atoms with Gasteiger partial charge in [0.05, 0.1) is 17.1 Å². The summed E-state index contributed by atoms with van der Waals surface area (Å²) in [7, 11) is 0. The molecule has 0 spiro atoms. The molecule has 5 nitrogen and oxygen atoms in total. The number of carboxylic acid groups (broad SMARTS) is 1. The normalized spacial score (nSPS) is 10.4. The van der Waals surface area contributed by atoms with E-state index < -0.39 is 5.97 Å². The number of carbonyl (C=O) groups excluding carboxylic acids is 1. The van der Waals surface area contributed by atoms with Crippen molar-refractivity contribution in [1.29, 1.82) is 0 Å². The monoisotopic (exact) mass is 325 g/mol. The first kappa shape index (κ1) is 15.5. The molecule has 0 bridgehead atoms. The van der Waals surface area contributed by atoms with Crippen LogP contribution in [-0.4, -0.2) is 23.2 Å². The summed E-state index contributed by atoms with van der Waals surface area (Å²) >= 11 is 7.51. The van der Waals surface area contributed by atoms with Crippen molar-refractivity contribution in [3.63, 3.8) is 0 Å². The molecule has 0 atom stereocenters. The quantitative estimate of drug-likeness (QED) is 0.825. The highest BCUT2D eigenvalue weighted by Gasteiger charge is 2.13. The minimum atomic E-state index is -1.15. The van der Waals surface area contributed by atoms with Gasteiger partial charge in [-0.3, -0.25) is 4.79 Å². The fourth-order valence-electron chi connectivity index (χ4n) is 1.66. The summed E-state index contributed by atoms with van der Waals surface area (Å²) in [6.45, 7) is 0.0892. The van der Waals surface area contributed by atoms with E-state index in [1.807, 2.05) is 12.3 Å². The summed E-state index contributed by atoms with van der Waals surface area (Å²) in [6, 6.07) is 8.04. The van der Waals surface area contributed by atoms with Crippen molar-refractivity contribution in [2.45, 2.75) is 11.4 Å². The summed E-state index contributed by atoms with van der Waals surface area (Å²) in [5, 5.41) is 11.7. The molecule has 0 aliphatic carbocycles. The fourth-order valence-corrected chi connectivity index (χ4v) is 2.30. The van der Waals surface area contributed by atoms with E-state index in [2.05, 4.69) is 5.32 Å². The van der Waals surface area contributed by atoms with E-state index in [0.29, 0.717) is 16.3 Å². The van der Waals surface area contributed by atoms with E-state index in [1.54, 1.807) is 12.1 Å². The molecule has 1 heterocycles. The third-order valence-electron chi connectivity index (χ3n) is 2.71. The van der Waals surface area contributed by atoms with E-state index in [-0.39, 0.29) is 18.2 Å². The van der Waals surface area contributed by atoms with Gasteiger partial charge in [-0.05, 0) is 36.6 Å². The van der Waals surface area contributed by atoms with E-state index >= 15 is 0 Å². The highest BCUT2D eigenvalue weighted by atomic mass is 35.5. The minimum Gasteiger partial charge on any atom is -0.475 e. The van der Waals surface area contributed by atoms with Crippen LogP contribution in [0.3, 0.4) is 0 Å². The van der Waals surface area contributed by atoms with E-state index in [0.717, 1.165) is 4.90 Å². The number of aromatic carboxylic acids is 1. The van der Waals surface area contributed by atoms with Crippen molar-refractivity contribution in [2.75, 3.05) is 6.26 Å². The van der Waals surface area contributed by atoms with Gasteiger partial charge in [0.2, 0.25) is 5.76 Å². The van der Waals surface area contributed by atoms with Crippen molar-refractivity contribution in [3.05, 3.63) is 52.4 Å². The number of benzene rings is 1. The average Bonchev–Trinajstić information content (AvgIpc) is 2.94. The number of amides is 1. The largest absolute Gasteiger partial charge is 0.475 e. The maximum atomic E-state index is 12.1. The number of halogens is 1. The Morgan fingerprint density at radius 2 is 2.10 bits per heavy atom. The Labute approximate surface area is 130 Å². The molecule has 0 fully saturated rings. The zero-order valence-electron chi connectivity index (χ0n) is 11.1. The third-order valence-corrected chi connectivity index (χ3v) is 3.77. The predicted octanol–water partition coefficient (Wildman–Crippen LogP) is 3.28. The molecule has 0 radical (unpaired) electrons. The maximum Gasteiger partial charge on any atom is 0.371 e. The highest BCUT2D eigenvalue weighted by Crippen LogP contribution is 2.23. The van der Waals surface area contributed by atoms with Crippen molar-refractivity contribution in [1.82, 2.24) is 5.32 Å². The molecule has 1 aromatic heterocycles. The molecule has 2 rings (SSSR count). The number of nitrogens with one attached hydrogen (secondary N) is 1. The minimum absolute atomic E-state index is 0.0892. The van der Waals surface area contributed by atoms with E-state index in [4.69, 9.17) is 21.1 Å². The van der Waals surface area contributed by atoms with Gasteiger partial charge in [-0.1, -0.05) is 11.6 Å². The molecule has 0 saturated carbocycles. The van der Waals surface area contributed by atoms with Gasteiger partial charge in [0.1, 0.15) is 5.76 Å². The lowest BCUT2D eigenvalue weighted by Crippen LogP contribution is -2.22. The van der Waals surface area contributed by atoms with Gasteiger partial charge in [0.25, 0.3) is 5.91 Å². The number of rotatable bonds is 5. The number of hydrogen-bond acceptors (Lipinski definition) is 4. The van der Waals surface area contributed by atoms with Crippen LogP contribution in [0.25, 0.3) is 0 Å². The van der Waals surface area contributed by atoms with Crippen molar-refractivity contribution in [3.8, 4) is 0 Å². The zero-order chi connectivity index (χ0) is 15.4. The lowest BCUT2D eigenvalue weighted by Gasteiger charge is -2.07. The van der Waals surface area contributed by atoms with Crippen molar-refractivity contribution < 1.29 is 19.1 Å². The average molecular weight is 326 g/mol. The van der Waals surface area contributed by atoms with Crippen molar-refractivity contribution >= 4 is 35.2 Å². The first-order valence-corrected chi connectivity index (χ1v) is 7.55. The van der Waals surface area contributed by atoms with Crippen LogP contribution >= 0.6 is 23.4 Å². The molecule has 0 saturated heterocycles. The van der Waals surface area contributed by atoms with Crippen LogP contribution in [0.1, 0.15) is 26.7 Å². The Morgan fingerprint density at radius 1 is 1.33 bits per heavy atom. The van der Waals surface area contributed by atoms with Gasteiger partial charge in [-0.15, -0.1) is 11.8 Å². The Hall–Kier alpha value is -1.92. The predicted molar refractivity (Wildman–Crippen MR) is 80.1 cm³/mol. The summed E-state index contributed by atoms with van der Waals surface area (Å²) in [6.07, 6.45) is 1.90. The van der Waals surface area contributed by atoms with Gasteiger partial charge in [-0.25, -0.2) is 4.79 Å². The lowest BCUT2D eigenvalue weighted by molar-refractivity contribution is 0.0660. The van der Waals surface area contributed by atoms with Crippen molar-refractivity contribution in [2.24, 2.45) is 0 Å². The molecule has 2 aromatic rings. The van der Waals surface area contributed by atoms with Crippen LogP contribution in [0.4, 0.5) is 0 Å².